The summed E-state index contributed by atoms with van der Waals surface area (Å²) in [5, 5.41) is 6.87. The number of hydrogen-bond donors (Lipinski definition) is 2. The summed E-state index contributed by atoms with van der Waals surface area (Å²) in [5.74, 6) is 2.40. The Hall–Kier alpha value is -0.950. The number of guanidine groups is 1. The Morgan fingerprint density at radius 3 is 2.80 bits per heavy atom. The molecule has 2 aliphatic heterocycles. The summed E-state index contributed by atoms with van der Waals surface area (Å²) in [4.78, 5) is 20.6. The predicted octanol–water partition coefficient (Wildman–Crippen LogP) is 1.38. The molecule has 2 aliphatic rings. The maximum Gasteiger partial charge on any atom is 0.239 e. The predicted molar refractivity (Wildman–Crippen MR) is 107 cm³/mol. The topological polar surface area (TPSA) is 60.0 Å². The second-order valence-electron chi connectivity index (χ2n) is 7.53. The number of thioether (sulfide) groups is 1. The molecule has 0 aromatic rings. The Bertz CT molecular complexity index is 462. The number of nitrogens with zero attached hydrogens (tertiary/aromatic N) is 3. The molecule has 1 amide bonds. The molecule has 0 saturated carbocycles. The molecule has 2 unspecified atom stereocenters. The van der Waals surface area contributed by atoms with Crippen molar-refractivity contribution in [3.63, 3.8) is 0 Å². The van der Waals surface area contributed by atoms with Crippen molar-refractivity contribution in [3.05, 3.63) is 0 Å². The zero-order valence-corrected chi connectivity index (χ0v) is 17.1. The van der Waals surface area contributed by atoms with E-state index in [0.29, 0.717) is 4.75 Å². The number of rotatable bonds is 7. The average molecular weight is 370 g/mol. The van der Waals surface area contributed by atoms with Crippen LogP contribution in [0.4, 0.5) is 0 Å². The van der Waals surface area contributed by atoms with Gasteiger partial charge in [-0.15, -0.1) is 0 Å². The van der Waals surface area contributed by atoms with Crippen molar-refractivity contribution in [1.29, 1.82) is 0 Å². The fourth-order valence-corrected chi connectivity index (χ4v) is 4.87. The van der Waals surface area contributed by atoms with Crippen LogP contribution in [-0.4, -0.2) is 85.5 Å². The highest BCUT2D eigenvalue weighted by Crippen LogP contribution is 2.36. The van der Waals surface area contributed by atoms with Gasteiger partial charge < -0.3 is 15.5 Å². The summed E-state index contributed by atoms with van der Waals surface area (Å²) in [6.45, 7) is 6.17. The smallest absolute Gasteiger partial charge is 0.239 e. The van der Waals surface area contributed by atoms with Gasteiger partial charge in [0.1, 0.15) is 0 Å². The first-order chi connectivity index (χ1) is 11.9. The normalized spacial score (nSPS) is 27.5. The van der Waals surface area contributed by atoms with E-state index in [1.54, 1.807) is 4.90 Å². The van der Waals surface area contributed by atoms with Gasteiger partial charge in [0.2, 0.25) is 5.91 Å². The fraction of sp³-hybridized carbons (Fsp3) is 0.889. The molecule has 2 rings (SSSR count). The molecule has 7 heteroatoms. The van der Waals surface area contributed by atoms with Gasteiger partial charge in [-0.05, 0) is 51.3 Å². The van der Waals surface area contributed by atoms with Crippen LogP contribution in [0.15, 0.2) is 4.99 Å². The second-order valence-corrected chi connectivity index (χ2v) is 9.22. The van der Waals surface area contributed by atoms with Crippen molar-refractivity contribution in [3.8, 4) is 0 Å². The van der Waals surface area contributed by atoms with Crippen molar-refractivity contribution >= 4 is 23.6 Å². The standard InChI is InChI=1S/C18H35N5OS/c1-18(9-6-13-25-18)14-21-17(19-2)20-10-7-12-23-11-5-8-15(23)16(24)22(3)4/h15H,5-14H2,1-4H3,(H2,19,20,21). The molecule has 25 heavy (non-hydrogen) atoms. The first kappa shape index (κ1) is 20.4. The number of amides is 1. The number of aliphatic imine (C=N–C) groups is 1. The highest BCUT2D eigenvalue weighted by atomic mass is 32.2. The maximum atomic E-state index is 12.2. The average Bonchev–Trinajstić information content (AvgIpc) is 3.23. The minimum absolute atomic E-state index is 0.0757. The van der Waals surface area contributed by atoms with Gasteiger partial charge in [-0.1, -0.05) is 0 Å². The second kappa shape index (κ2) is 9.67. The molecule has 0 aliphatic carbocycles. The Balaban J connectivity index is 1.66. The lowest BCUT2D eigenvalue weighted by atomic mass is 10.1. The van der Waals surface area contributed by atoms with E-state index < -0.39 is 0 Å². The van der Waals surface area contributed by atoms with Gasteiger partial charge in [0, 0.05) is 45.5 Å². The largest absolute Gasteiger partial charge is 0.356 e. The molecule has 2 heterocycles. The fourth-order valence-electron chi connectivity index (χ4n) is 3.63. The molecule has 144 valence electrons. The van der Waals surface area contributed by atoms with E-state index in [0.717, 1.165) is 51.4 Å². The molecule has 0 spiro atoms. The van der Waals surface area contributed by atoms with Crippen LogP contribution in [0.25, 0.3) is 0 Å². The molecule has 0 radical (unpaired) electrons. The molecular formula is C18H35N5OS. The minimum atomic E-state index is 0.0757. The van der Waals surface area contributed by atoms with E-state index in [9.17, 15) is 4.79 Å². The third-order valence-electron chi connectivity index (χ3n) is 5.16. The number of likely N-dealkylation sites (N-methyl/N-ethyl adjacent to an activating group) is 1. The zero-order valence-electron chi connectivity index (χ0n) is 16.3. The van der Waals surface area contributed by atoms with Crippen molar-refractivity contribution in [1.82, 2.24) is 20.4 Å². The summed E-state index contributed by atoms with van der Waals surface area (Å²) < 4.78 is 0.340. The van der Waals surface area contributed by atoms with Crippen LogP contribution < -0.4 is 10.6 Å². The third kappa shape index (κ3) is 6.06. The lowest BCUT2D eigenvalue weighted by Crippen LogP contribution is -2.45. The number of carbonyl (C=O) groups is 1. The lowest BCUT2D eigenvalue weighted by molar-refractivity contribution is -0.133. The number of hydrogen-bond acceptors (Lipinski definition) is 4. The van der Waals surface area contributed by atoms with E-state index in [1.165, 1.54) is 18.6 Å². The van der Waals surface area contributed by atoms with Gasteiger partial charge in [0.25, 0.3) is 0 Å². The monoisotopic (exact) mass is 369 g/mol. The summed E-state index contributed by atoms with van der Waals surface area (Å²) >= 11 is 2.06. The molecule has 2 fully saturated rings. The van der Waals surface area contributed by atoms with Crippen LogP contribution in [0.3, 0.4) is 0 Å². The highest BCUT2D eigenvalue weighted by Gasteiger charge is 2.31. The van der Waals surface area contributed by atoms with Crippen molar-refractivity contribution < 1.29 is 4.79 Å². The molecule has 2 N–H and O–H groups in total. The molecule has 2 atom stereocenters. The van der Waals surface area contributed by atoms with E-state index >= 15 is 0 Å². The SMILES string of the molecule is CN=C(NCCCN1CCCC1C(=O)N(C)C)NCC1(C)CCCS1. The summed E-state index contributed by atoms with van der Waals surface area (Å²) in [5.41, 5.74) is 0. The van der Waals surface area contributed by atoms with Gasteiger partial charge in [0.15, 0.2) is 5.96 Å². The van der Waals surface area contributed by atoms with Gasteiger partial charge in [-0.25, -0.2) is 0 Å². The molecule has 2 saturated heterocycles. The van der Waals surface area contributed by atoms with Crippen LogP contribution in [0.5, 0.6) is 0 Å². The molecule has 0 aromatic carbocycles. The number of carbonyl (C=O) groups excluding carboxylic acids is 1. The third-order valence-corrected chi connectivity index (χ3v) is 6.70. The highest BCUT2D eigenvalue weighted by molar-refractivity contribution is 8.00. The lowest BCUT2D eigenvalue weighted by Gasteiger charge is -2.26. The van der Waals surface area contributed by atoms with Gasteiger partial charge in [-0.3, -0.25) is 14.7 Å². The summed E-state index contributed by atoms with van der Waals surface area (Å²) in [6, 6.07) is 0.0757. The van der Waals surface area contributed by atoms with E-state index in [2.05, 4.69) is 39.2 Å². The van der Waals surface area contributed by atoms with E-state index in [1.807, 2.05) is 21.1 Å². The Morgan fingerprint density at radius 2 is 2.16 bits per heavy atom. The first-order valence-corrected chi connectivity index (χ1v) is 10.5. The number of nitrogens with one attached hydrogen (secondary N) is 2. The maximum absolute atomic E-state index is 12.2. The van der Waals surface area contributed by atoms with Gasteiger partial charge in [0.05, 0.1) is 6.04 Å². The Kier molecular flexibility index (Phi) is 7.87. The van der Waals surface area contributed by atoms with Crippen LogP contribution in [0.1, 0.15) is 39.0 Å². The van der Waals surface area contributed by atoms with E-state index in [-0.39, 0.29) is 11.9 Å². The van der Waals surface area contributed by atoms with Gasteiger partial charge in [-0.2, -0.15) is 11.8 Å². The Labute approximate surface area is 157 Å². The van der Waals surface area contributed by atoms with Crippen molar-refractivity contribution in [2.75, 3.05) is 53.1 Å². The quantitative estimate of drug-likeness (QED) is 0.403. The minimum Gasteiger partial charge on any atom is -0.356 e. The summed E-state index contributed by atoms with van der Waals surface area (Å²) in [7, 11) is 5.52. The van der Waals surface area contributed by atoms with Crippen molar-refractivity contribution in [2.45, 2.75) is 49.8 Å². The molecule has 0 aromatic heterocycles. The molecular weight excluding hydrogens is 334 g/mol. The van der Waals surface area contributed by atoms with Crippen LogP contribution >= 0.6 is 11.8 Å². The van der Waals surface area contributed by atoms with Crippen LogP contribution in [0, 0.1) is 0 Å². The summed E-state index contributed by atoms with van der Waals surface area (Å²) in [6.07, 6.45) is 5.72. The Morgan fingerprint density at radius 1 is 1.36 bits per heavy atom. The molecule has 0 bridgehead atoms. The molecule has 6 nitrogen and oxygen atoms in total. The number of likely N-dealkylation sites (tertiary alicyclic amines) is 1. The van der Waals surface area contributed by atoms with Crippen molar-refractivity contribution in [2.24, 2.45) is 4.99 Å². The zero-order chi connectivity index (χ0) is 18.3. The van der Waals surface area contributed by atoms with Crippen LogP contribution in [-0.2, 0) is 4.79 Å². The van der Waals surface area contributed by atoms with Gasteiger partial charge >= 0.3 is 0 Å². The first-order valence-electron chi connectivity index (χ1n) is 9.49. The van der Waals surface area contributed by atoms with Crippen LogP contribution in [0.2, 0.25) is 0 Å². The van der Waals surface area contributed by atoms with E-state index in [4.69, 9.17) is 0 Å².